The fourth-order valence-electron chi connectivity index (χ4n) is 1.76. The highest BCUT2D eigenvalue weighted by Gasteiger charge is 2.25. The van der Waals surface area contributed by atoms with Gasteiger partial charge in [-0.1, -0.05) is 12.2 Å². The second kappa shape index (κ2) is 6.14. The van der Waals surface area contributed by atoms with Gasteiger partial charge in [0.2, 0.25) is 0 Å². The molecule has 1 aliphatic carbocycles. The molecule has 18 heavy (non-hydrogen) atoms. The lowest BCUT2D eigenvalue weighted by molar-refractivity contribution is 0.146. The van der Waals surface area contributed by atoms with Crippen LogP contribution in [0, 0.1) is 11.8 Å². The molecule has 0 heterocycles. The van der Waals surface area contributed by atoms with E-state index < -0.39 is 20.2 Å². The molecule has 1 unspecified atom stereocenters. The lowest BCUT2D eigenvalue weighted by atomic mass is 9.84. The van der Waals surface area contributed by atoms with E-state index in [1.54, 1.807) is 0 Å². The molecule has 0 aromatic rings. The minimum Gasteiger partial charge on any atom is -0.270 e. The Morgan fingerprint density at radius 2 is 1.22 bits per heavy atom. The molecule has 0 aliphatic heterocycles. The van der Waals surface area contributed by atoms with Crippen LogP contribution in [-0.2, 0) is 28.6 Å². The standard InChI is InChI=1S/C10H18O6S2/c1-17(11,12)15-7-9-5-3-4-6-10(9)8-16-18(2,13)14/h3-4,9-10H,5-8H2,1-2H3/t9-,10?/m0/s1. The smallest absolute Gasteiger partial charge is 0.264 e. The van der Waals surface area contributed by atoms with E-state index in [1.165, 1.54) is 0 Å². The Balaban J connectivity index is 2.55. The zero-order chi connectivity index (χ0) is 13.8. The van der Waals surface area contributed by atoms with Gasteiger partial charge in [-0.2, -0.15) is 16.8 Å². The summed E-state index contributed by atoms with van der Waals surface area (Å²) in [6.45, 7) is 0.113. The maximum absolute atomic E-state index is 10.9. The van der Waals surface area contributed by atoms with Crippen molar-refractivity contribution in [3.05, 3.63) is 12.2 Å². The van der Waals surface area contributed by atoms with E-state index in [1.807, 2.05) is 12.2 Å². The number of allylic oxidation sites excluding steroid dienone is 2. The molecule has 0 spiro atoms. The summed E-state index contributed by atoms with van der Waals surface area (Å²) in [7, 11) is -6.95. The first-order valence-electron chi connectivity index (χ1n) is 5.51. The van der Waals surface area contributed by atoms with E-state index in [0.717, 1.165) is 12.5 Å². The van der Waals surface area contributed by atoms with E-state index in [0.29, 0.717) is 12.8 Å². The zero-order valence-electron chi connectivity index (χ0n) is 10.4. The number of hydrogen-bond donors (Lipinski definition) is 0. The van der Waals surface area contributed by atoms with Gasteiger partial charge in [0.25, 0.3) is 20.2 Å². The second-order valence-corrected chi connectivity index (χ2v) is 7.73. The van der Waals surface area contributed by atoms with Gasteiger partial charge in [-0.25, -0.2) is 0 Å². The summed E-state index contributed by atoms with van der Waals surface area (Å²) < 4.78 is 53.2. The zero-order valence-corrected chi connectivity index (χ0v) is 12.0. The summed E-state index contributed by atoms with van der Waals surface area (Å²) in [6, 6.07) is 0. The predicted octanol–water partition coefficient (Wildman–Crippen LogP) is 0.521. The van der Waals surface area contributed by atoms with Crippen molar-refractivity contribution in [2.45, 2.75) is 12.8 Å². The van der Waals surface area contributed by atoms with Gasteiger partial charge in [0.05, 0.1) is 25.7 Å². The molecule has 0 fully saturated rings. The lowest BCUT2D eigenvalue weighted by Gasteiger charge is -2.27. The average molecular weight is 298 g/mol. The molecule has 2 atom stereocenters. The Labute approximate surface area is 108 Å². The van der Waals surface area contributed by atoms with Crippen molar-refractivity contribution in [3.63, 3.8) is 0 Å². The van der Waals surface area contributed by atoms with Gasteiger partial charge in [0.1, 0.15) is 0 Å². The SMILES string of the molecule is CS(=O)(=O)OCC1CC=CC[C@H]1COS(C)(=O)=O. The first-order valence-corrected chi connectivity index (χ1v) is 9.14. The molecule has 0 saturated carbocycles. The van der Waals surface area contributed by atoms with Gasteiger partial charge in [0, 0.05) is 0 Å². The van der Waals surface area contributed by atoms with Crippen molar-refractivity contribution in [1.29, 1.82) is 0 Å². The van der Waals surface area contributed by atoms with Crippen molar-refractivity contribution >= 4 is 20.2 Å². The van der Waals surface area contributed by atoms with E-state index in [-0.39, 0.29) is 25.0 Å². The molecular weight excluding hydrogens is 280 g/mol. The van der Waals surface area contributed by atoms with Gasteiger partial charge >= 0.3 is 0 Å². The Morgan fingerprint density at radius 1 is 0.889 bits per heavy atom. The third kappa shape index (κ3) is 6.48. The van der Waals surface area contributed by atoms with E-state index >= 15 is 0 Å². The van der Waals surface area contributed by atoms with Crippen molar-refractivity contribution < 1.29 is 25.2 Å². The molecular formula is C10H18O6S2. The van der Waals surface area contributed by atoms with E-state index in [2.05, 4.69) is 0 Å². The highest BCUT2D eigenvalue weighted by Crippen LogP contribution is 2.26. The van der Waals surface area contributed by atoms with Crippen LogP contribution in [0.25, 0.3) is 0 Å². The highest BCUT2D eigenvalue weighted by atomic mass is 32.2. The highest BCUT2D eigenvalue weighted by molar-refractivity contribution is 7.86. The first-order chi connectivity index (χ1) is 8.17. The molecule has 0 saturated heterocycles. The van der Waals surface area contributed by atoms with Gasteiger partial charge in [0.15, 0.2) is 0 Å². The van der Waals surface area contributed by atoms with E-state index in [4.69, 9.17) is 8.37 Å². The monoisotopic (exact) mass is 298 g/mol. The molecule has 0 aromatic carbocycles. The summed E-state index contributed by atoms with van der Waals surface area (Å²) in [4.78, 5) is 0. The van der Waals surface area contributed by atoms with Crippen LogP contribution in [0.2, 0.25) is 0 Å². The molecule has 8 heteroatoms. The van der Waals surface area contributed by atoms with Crippen molar-refractivity contribution in [1.82, 2.24) is 0 Å². The molecule has 0 N–H and O–H groups in total. The molecule has 1 aliphatic rings. The maximum atomic E-state index is 10.9. The summed E-state index contributed by atoms with van der Waals surface area (Å²) in [5, 5.41) is 0. The van der Waals surface area contributed by atoms with E-state index in [9.17, 15) is 16.8 Å². The van der Waals surface area contributed by atoms with Crippen molar-refractivity contribution in [2.75, 3.05) is 25.7 Å². The summed E-state index contributed by atoms with van der Waals surface area (Å²) in [6.07, 6.45) is 7.18. The molecule has 6 nitrogen and oxygen atoms in total. The van der Waals surface area contributed by atoms with Gasteiger partial charge in [-0.3, -0.25) is 8.37 Å². The maximum Gasteiger partial charge on any atom is 0.264 e. The fraction of sp³-hybridized carbons (Fsp3) is 0.800. The molecule has 0 amide bonds. The van der Waals surface area contributed by atoms with Crippen LogP contribution >= 0.6 is 0 Å². The fourth-order valence-corrected chi connectivity index (χ4v) is 2.60. The average Bonchev–Trinajstić information content (AvgIpc) is 2.22. The summed E-state index contributed by atoms with van der Waals surface area (Å²) in [5.41, 5.74) is 0. The largest absolute Gasteiger partial charge is 0.270 e. The number of rotatable bonds is 6. The van der Waals surface area contributed by atoms with Gasteiger partial charge in [-0.15, -0.1) is 0 Å². The Hall–Kier alpha value is -0.440. The van der Waals surface area contributed by atoms with Gasteiger partial charge < -0.3 is 0 Å². The molecule has 0 bridgehead atoms. The van der Waals surface area contributed by atoms with Crippen LogP contribution in [0.5, 0.6) is 0 Å². The minimum atomic E-state index is -3.47. The third-order valence-corrected chi connectivity index (χ3v) is 3.83. The quantitative estimate of drug-likeness (QED) is 0.525. The lowest BCUT2D eigenvalue weighted by Crippen LogP contribution is -2.27. The predicted molar refractivity (Wildman–Crippen MR) is 66.9 cm³/mol. The van der Waals surface area contributed by atoms with Crippen LogP contribution in [0.3, 0.4) is 0 Å². The molecule has 0 aromatic heterocycles. The van der Waals surface area contributed by atoms with Gasteiger partial charge in [-0.05, 0) is 24.7 Å². The Kier molecular flexibility index (Phi) is 5.32. The van der Waals surface area contributed by atoms with Crippen LogP contribution in [-0.4, -0.2) is 42.6 Å². The third-order valence-electron chi connectivity index (χ3n) is 2.70. The summed E-state index contributed by atoms with van der Waals surface area (Å²) >= 11 is 0. The number of hydrogen-bond acceptors (Lipinski definition) is 6. The summed E-state index contributed by atoms with van der Waals surface area (Å²) in [5.74, 6) is -0.0991. The Bertz CT molecular complexity index is 444. The normalized spacial score (nSPS) is 25.2. The van der Waals surface area contributed by atoms with Crippen LogP contribution in [0.1, 0.15) is 12.8 Å². The molecule has 106 valence electrons. The first kappa shape index (κ1) is 15.6. The minimum absolute atomic E-state index is 0.0496. The second-order valence-electron chi connectivity index (χ2n) is 4.44. The van der Waals surface area contributed by atoms with Crippen LogP contribution < -0.4 is 0 Å². The van der Waals surface area contributed by atoms with Crippen LogP contribution in [0.4, 0.5) is 0 Å². The molecule has 1 rings (SSSR count). The topological polar surface area (TPSA) is 86.7 Å². The van der Waals surface area contributed by atoms with Crippen molar-refractivity contribution in [2.24, 2.45) is 11.8 Å². The van der Waals surface area contributed by atoms with Crippen LogP contribution in [0.15, 0.2) is 12.2 Å². The molecule has 0 radical (unpaired) electrons. The van der Waals surface area contributed by atoms with Crippen molar-refractivity contribution in [3.8, 4) is 0 Å². The Morgan fingerprint density at radius 3 is 1.50 bits per heavy atom.